The summed E-state index contributed by atoms with van der Waals surface area (Å²) in [5.74, 6) is 0.479. The minimum Gasteiger partial charge on any atom is -0.497 e. The Morgan fingerprint density at radius 1 is 1.20 bits per heavy atom. The van der Waals surface area contributed by atoms with Crippen LogP contribution in [0.4, 0.5) is 0 Å². The van der Waals surface area contributed by atoms with E-state index in [4.69, 9.17) is 4.74 Å². The minimum atomic E-state index is -3.45. The number of rotatable bonds is 7. The van der Waals surface area contributed by atoms with E-state index in [2.05, 4.69) is 10.3 Å². The zero-order chi connectivity index (χ0) is 21.1. The lowest BCUT2D eigenvalue weighted by Gasteiger charge is -2.28. The fourth-order valence-corrected chi connectivity index (χ4v) is 5.15. The van der Waals surface area contributed by atoms with Gasteiger partial charge in [-0.25, -0.2) is 8.42 Å². The fraction of sp³-hybridized carbons (Fsp3) is 0.318. The van der Waals surface area contributed by atoms with Gasteiger partial charge in [0.05, 0.1) is 19.3 Å². The van der Waals surface area contributed by atoms with Crippen molar-refractivity contribution < 1.29 is 17.9 Å². The van der Waals surface area contributed by atoms with E-state index in [1.165, 1.54) is 4.31 Å². The van der Waals surface area contributed by atoms with Gasteiger partial charge in [-0.3, -0.25) is 4.79 Å². The fourth-order valence-electron chi connectivity index (χ4n) is 3.83. The summed E-state index contributed by atoms with van der Waals surface area (Å²) in [6.45, 7) is 0.881. The molecule has 0 spiro atoms. The van der Waals surface area contributed by atoms with Crippen molar-refractivity contribution in [1.29, 1.82) is 0 Å². The Labute approximate surface area is 176 Å². The number of aromatic amines is 1. The van der Waals surface area contributed by atoms with Crippen molar-refractivity contribution in [3.63, 3.8) is 0 Å². The second-order valence-electron chi connectivity index (χ2n) is 7.42. The summed E-state index contributed by atoms with van der Waals surface area (Å²) in [6, 6.07) is 13.5. The molecule has 2 heterocycles. The van der Waals surface area contributed by atoms with Crippen molar-refractivity contribution in [2.24, 2.45) is 0 Å². The summed E-state index contributed by atoms with van der Waals surface area (Å²) in [4.78, 5) is 15.4. The van der Waals surface area contributed by atoms with Gasteiger partial charge in [0.2, 0.25) is 15.9 Å². The highest BCUT2D eigenvalue weighted by atomic mass is 32.2. The summed E-state index contributed by atoms with van der Waals surface area (Å²) in [5.41, 5.74) is 3.99. The molecule has 0 radical (unpaired) electrons. The predicted octanol–water partition coefficient (Wildman–Crippen LogP) is 2.22. The number of nitrogens with one attached hydrogen (secondary N) is 2. The number of sulfonamides is 1. The van der Waals surface area contributed by atoms with Crippen LogP contribution in [0.1, 0.15) is 16.7 Å². The molecule has 0 fully saturated rings. The SMILES string of the molecule is COc1ccc2c(c1)CCN(S(=O)(=O)CCNC(=O)Cc1c[nH]c3ccccc13)C2. The summed E-state index contributed by atoms with van der Waals surface area (Å²) >= 11 is 0. The number of carbonyl (C=O) groups excluding carboxylic acids is 1. The topological polar surface area (TPSA) is 91.5 Å². The molecule has 0 saturated heterocycles. The first-order valence-electron chi connectivity index (χ1n) is 9.91. The lowest BCUT2D eigenvalue weighted by Crippen LogP contribution is -2.40. The van der Waals surface area contributed by atoms with Crippen molar-refractivity contribution in [2.45, 2.75) is 19.4 Å². The second kappa shape index (κ2) is 8.49. The lowest BCUT2D eigenvalue weighted by atomic mass is 10.0. The van der Waals surface area contributed by atoms with Crippen LogP contribution in [0.2, 0.25) is 0 Å². The zero-order valence-corrected chi connectivity index (χ0v) is 17.7. The van der Waals surface area contributed by atoms with Crippen LogP contribution in [0.25, 0.3) is 10.9 Å². The largest absolute Gasteiger partial charge is 0.497 e. The van der Waals surface area contributed by atoms with Crippen LogP contribution >= 0.6 is 0 Å². The normalized spacial score (nSPS) is 14.4. The Morgan fingerprint density at radius 2 is 2.03 bits per heavy atom. The van der Waals surface area contributed by atoms with Gasteiger partial charge in [-0.1, -0.05) is 24.3 Å². The van der Waals surface area contributed by atoms with Crippen molar-refractivity contribution in [2.75, 3.05) is 26.0 Å². The highest BCUT2D eigenvalue weighted by Gasteiger charge is 2.26. The Bertz CT molecular complexity index is 1170. The molecular formula is C22H25N3O4S. The standard InChI is InChI=1S/C22H25N3O4S/c1-29-19-7-6-17-15-25(10-8-16(17)12-19)30(27,28)11-9-23-22(26)13-18-14-24-21-5-3-2-4-20(18)21/h2-7,12,14,24H,8-11,13,15H2,1H3,(H,23,26). The molecule has 158 valence electrons. The third-order valence-corrected chi connectivity index (χ3v) is 7.31. The molecule has 0 saturated carbocycles. The van der Waals surface area contributed by atoms with Gasteiger partial charge < -0.3 is 15.0 Å². The molecule has 30 heavy (non-hydrogen) atoms. The first kappa shape index (κ1) is 20.4. The molecular weight excluding hydrogens is 402 g/mol. The third kappa shape index (κ3) is 4.34. The molecule has 4 rings (SSSR count). The van der Waals surface area contributed by atoms with E-state index in [0.717, 1.165) is 33.3 Å². The van der Waals surface area contributed by atoms with E-state index in [1.807, 2.05) is 48.7 Å². The number of fused-ring (bicyclic) bond motifs is 2. The van der Waals surface area contributed by atoms with Gasteiger partial charge in [0.25, 0.3) is 0 Å². The van der Waals surface area contributed by atoms with Crippen molar-refractivity contribution in [3.8, 4) is 5.75 Å². The number of nitrogens with zero attached hydrogens (tertiary/aromatic N) is 1. The lowest BCUT2D eigenvalue weighted by molar-refractivity contribution is -0.120. The van der Waals surface area contributed by atoms with Crippen LogP contribution < -0.4 is 10.1 Å². The number of amides is 1. The molecule has 0 bridgehead atoms. The number of hydrogen-bond donors (Lipinski definition) is 2. The summed E-state index contributed by atoms with van der Waals surface area (Å²) in [7, 11) is -1.83. The monoisotopic (exact) mass is 427 g/mol. The molecule has 0 aliphatic carbocycles. The smallest absolute Gasteiger partial charge is 0.224 e. The quantitative estimate of drug-likeness (QED) is 0.605. The molecule has 0 atom stereocenters. The van der Waals surface area contributed by atoms with Crippen LogP contribution in [-0.2, 0) is 34.2 Å². The van der Waals surface area contributed by atoms with Gasteiger partial charge >= 0.3 is 0 Å². The molecule has 3 aromatic rings. The molecule has 1 aromatic heterocycles. The maximum atomic E-state index is 12.7. The van der Waals surface area contributed by atoms with Crippen molar-refractivity contribution in [1.82, 2.24) is 14.6 Å². The van der Waals surface area contributed by atoms with E-state index in [-0.39, 0.29) is 24.6 Å². The van der Waals surface area contributed by atoms with Crippen LogP contribution in [-0.4, -0.2) is 49.6 Å². The Balaban J connectivity index is 1.31. The molecule has 1 amide bonds. The molecule has 1 aliphatic heterocycles. The zero-order valence-electron chi connectivity index (χ0n) is 16.8. The number of methoxy groups -OCH3 is 1. The van der Waals surface area contributed by atoms with Gasteiger partial charge in [0, 0.05) is 36.7 Å². The summed E-state index contributed by atoms with van der Waals surface area (Å²) < 4.78 is 32.2. The maximum Gasteiger partial charge on any atom is 0.224 e. The summed E-state index contributed by atoms with van der Waals surface area (Å²) in [6.07, 6.45) is 2.68. The third-order valence-electron chi connectivity index (χ3n) is 5.49. The van der Waals surface area contributed by atoms with E-state index in [0.29, 0.717) is 19.5 Å². The van der Waals surface area contributed by atoms with Crippen LogP contribution in [0, 0.1) is 0 Å². The number of H-pyrrole nitrogens is 1. The van der Waals surface area contributed by atoms with E-state index < -0.39 is 10.0 Å². The molecule has 8 heteroatoms. The van der Waals surface area contributed by atoms with Gasteiger partial charge in [0.15, 0.2) is 0 Å². The van der Waals surface area contributed by atoms with E-state index in [1.54, 1.807) is 7.11 Å². The average Bonchev–Trinajstić information content (AvgIpc) is 3.15. The average molecular weight is 428 g/mol. The van der Waals surface area contributed by atoms with Crippen molar-refractivity contribution >= 4 is 26.8 Å². The first-order valence-corrected chi connectivity index (χ1v) is 11.5. The van der Waals surface area contributed by atoms with E-state index in [9.17, 15) is 13.2 Å². The second-order valence-corrected chi connectivity index (χ2v) is 9.51. The summed E-state index contributed by atoms with van der Waals surface area (Å²) in [5, 5.41) is 3.74. The highest BCUT2D eigenvalue weighted by molar-refractivity contribution is 7.89. The molecule has 1 aliphatic rings. The molecule has 2 aromatic carbocycles. The molecule has 0 unspecified atom stereocenters. The predicted molar refractivity (Wildman–Crippen MR) is 116 cm³/mol. The number of benzene rings is 2. The van der Waals surface area contributed by atoms with Gasteiger partial charge in [0.1, 0.15) is 5.75 Å². The Hall–Kier alpha value is -2.84. The number of para-hydroxylation sites is 1. The minimum absolute atomic E-state index is 0.0927. The first-order chi connectivity index (χ1) is 14.5. The van der Waals surface area contributed by atoms with Crippen molar-refractivity contribution in [3.05, 3.63) is 65.4 Å². The van der Waals surface area contributed by atoms with Crippen LogP contribution in [0.15, 0.2) is 48.7 Å². The Kier molecular flexibility index (Phi) is 5.78. The number of hydrogen-bond acceptors (Lipinski definition) is 4. The Morgan fingerprint density at radius 3 is 2.87 bits per heavy atom. The number of ether oxygens (including phenoxy) is 1. The van der Waals surface area contributed by atoms with Crippen LogP contribution in [0.3, 0.4) is 0 Å². The van der Waals surface area contributed by atoms with Crippen LogP contribution in [0.5, 0.6) is 5.75 Å². The number of carbonyl (C=O) groups is 1. The molecule has 2 N–H and O–H groups in total. The van der Waals surface area contributed by atoms with Gasteiger partial charge in [-0.2, -0.15) is 4.31 Å². The highest BCUT2D eigenvalue weighted by Crippen LogP contribution is 2.25. The van der Waals surface area contributed by atoms with Gasteiger partial charge in [-0.05, 0) is 41.3 Å². The van der Waals surface area contributed by atoms with Gasteiger partial charge in [-0.15, -0.1) is 0 Å². The molecule has 7 nitrogen and oxygen atoms in total. The number of aromatic nitrogens is 1. The maximum absolute atomic E-state index is 12.7. The van der Waals surface area contributed by atoms with E-state index >= 15 is 0 Å².